The highest BCUT2D eigenvalue weighted by molar-refractivity contribution is 7.17. The van der Waals surface area contributed by atoms with Crippen molar-refractivity contribution in [3.05, 3.63) is 16.7 Å². The van der Waals surface area contributed by atoms with Gasteiger partial charge in [0.15, 0.2) is 0 Å². The molecule has 0 unspecified atom stereocenters. The quantitative estimate of drug-likeness (QED) is 0.814. The highest BCUT2D eigenvalue weighted by Gasteiger charge is 2.29. The number of aromatic nitrogens is 2. The van der Waals surface area contributed by atoms with Gasteiger partial charge in [0.25, 0.3) is 0 Å². The second-order valence-electron chi connectivity index (χ2n) is 4.82. The number of thiazole rings is 1. The minimum Gasteiger partial charge on any atom is -0.473 e. The lowest BCUT2D eigenvalue weighted by Crippen LogP contribution is -2.22. The van der Waals surface area contributed by atoms with E-state index in [1.807, 2.05) is 6.92 Å². The summed E-state index contributed by atoms with van der Waals surface area (Å²) in [6, 6.07) is 1.73. The second kappa shape index (κ2) is 5.06. The molecule has 1 aliphatic carbocycles. The number of carbonyl (C=O) groups excluding carboxylic acids is 1. The monoisotopic (exact) mass is 296 g/mol. The Hall–Kier alpha value is -1.20. The number of fused-ring (bicyclic) bond motifs is 1. The molecule has 0 aromatic carbocycles. The van der Waals surface area contributed by atoms with Crippen LogP contribution in [0.15, 0.2) is 11.6 Å². The number of halogens is 1. The van der Waals surface area contributed by atoms with Crippen molar-refractivity contribution in [3.8, 4) is 5.88 Å². The fourth-order valence-electron chi connectivity index (χ4n) is 2.41. The highest BCUT2D eigenvalue weighted by Crippen LogP contribution is 2.33. The summed E-state index contributed by atoms with van der Waals surface area (Å²) in [6.07, 6.45) is 2.12. The van der Waals surface area contributed by atoms with Crippen molar-refractivity contribution in [2.75, 3.05) is 0 Å². The van der Waals surface area contributed by atoms with E-state index in [4.69, 9.17) is 16.3 Å². The number of pyridine rings is 1. The lowest BCUT2D eigenvalue weighted by Gasteiger charge is -2.19. The number of hydrogen-bond acceptors (Lipinski definition) is 5. The normalized spacial score (nSPS) is 20.9. The molecule has 2 aromatic rings. The van der Waals surface area contributed by atoms with E-state index in [1.54, 1.807) is 11.6 Å². The molecule has 19 heavy (non-hydrogen) atoms. The van der Waals surface area contributed by atoms with Gasteiger partial charge in [-0.05, 0) is 13.3 Å². The van der Waals surface area contributed by atoms with E-state index in [0.29, 0.717) is 29.7 Å². The zero-order chi connectivity index (χ0) is 13.4. The third kappa shape index (κ3) is 2.58. The first-order valence-electron chi connectivity index (χ1n) is 6.21. The van der Waals surface area contributed by atoms with E-state index in [0.717, 1.165) is 16.6 Å². The maximum absolute atomic E-state index is 11.3. The molecular formula is C13H13ClN2O2S. The fourth-order valence-corrected chi connectivity index (χ4v) is 3.29. The van der Waals surface area contributed by atoms with E-state index in [1.165, 1.54) is 11.3 Å². The average Bonchev–Trinajstić information content (AvgIpc) is 2.97. The van der Waals surface area contributed by atoms with Crippen LogP contribution in [0.25, 0.3) is 10.2 Å². The van der Waals surface area contributed by atoms with Crippen LogP contribution in [0, 0.1) is 5.92 Å². The average molecular weight is 297 g/mol. The highest BCUT2D eigenvalue weighted by atomic mass is 35.5. The van der Waals surface area contributed by atoms with Crippen LogP contribution >= 0.6 is 22.9 Å². The van der Waals surface area contributed by atoms with Gasteiger partial charge in [-0.3, -0.25) is 4.79 Å². The van der Waals surface area contributed by atoms with E-state index in [9.17, 15) is 4.79 Å². The van der Waals surface area contributed by atoms with E-state index in [-0.39, 0.29) is 12.0 Å². The summed E-state index contributed by atoms with van der Waals surface area (Å²) in [7, 11) is 0. The van der Waals surface area contributed by atoms with Crippen LogP contribution in [-0.2, 0) is 4.79 Å². The summed E-state index contributed by atoms with van der Waals surface area (Å²) < 4.78 is 6.82. The number of nitrogens with zero attached hydrogens (tertiary/aromatic N) is 2. The minimum absolute atomic E-state index is 0.0392. The van der Waals surface area contributed by atoms with Gasteiger partial charge in [0.05, 0.1) is 11.0 Å². The number of Topliss-reactive ketones (excluding diaryl/α,β-unsaturated/α-hetero) is 1. The fraction of sp³-hybridized carbons (Fsp3) is 0.462. The number of hydrogen-bond donors (Lipinski definition) is 0. The topological polar surface area (TPSA) is 52.1 Å². The summed E-state index contributed by atoms with van der Waals surface area (Å²) in [6.45, 7) is 1.98. The number of ketones is 1. The molecule has 0 bridgehead atoms. The SMILES string of the molecule is C[C@@H](Oc1nc(Cl)cc2ncsc12)[C@H]1CCC(=O)C1. The Kier molecular flexibility index (Phi) is 3.41. The molecule has 2 atom stereocenters. The first-order valence-corrected chi connectivity index (χ1v) is 7.47. The van der Waals surface area contributed by atoms with Crippen LogP contribution in [0.5, 0.6) is 5.88 Å². The molecule has 3 rings (SSSR count). The summed E-state index contributed by atoms with van der Waals surface area (Å²) in [5, 5.41) is 0.378. The van der Waals surface area contributed by atoms with E-state index in [2.05, 4.69) is 9.97 Å². The molecule has 0 spiro atoms. The molecule has 4 nitrogen and oxygen atoms in total. The lowest BCUT2D eigenvalue weighted by atomic mass is 10.0. The van der Waals surface area contributed by atoms with Crippen LogP contribution in [0.4, 0.5) is 0 Å². The molecule has 1 saturated carbocycles. The molecule has 2 heterocycles. The first-order chi connectivity index (χ1) is 9.13. The van der Waals surface area contributed by atoms with Crippen LogP contribution < -0.4 is 4.74 Å². The Labute approximate surface area is 119 Å². The maximum Gasteiger partial charge on any atom is 0.235 e. The van der Waals surface area contributed by atoms with Crippen molar-refractivity contribution in [1.29, 1.82) is 0 Å². The molecule has 6 heteroatoms. The predicted molar refractivity (Wildman–Crippen MR) is 74.9 cm³/mol. The Morgan fingerprint density at radius 3 is 3.16 bits per heavy atom. The molecule has 1 aliphatic rings. The first kappa shape index (κ1) is 12.8. The zero-order valence-electron chi connectivity index (χ0n) is 10.4. The van der Waals surface area contributed by atoms with Crippen molar-refractivity contribution in [1.82, 2.24) is 9.97 Å². The van der Waals surface area contributed by atoms with Crippen LogP contribution in [0.3, 0.4) is 0 Å². The minimum atomic E-state index is -0.0392. The van der Waals surface area contributed by atoms with Crippen LogP contribution in [0.2, 0.25) is 5.15 Å². The third-order valence-electron chi connectivity index (χ3n) is 3.50. The molecule has 1 fully saturated rings. The predicted octanol–water partition coefficient (Wildman–Crippen LogP) is 3.48. The summed E-state index contributed by atoms with van der Waals surface area (Å²) in [5.41, 5.74) is 2.55. The molecule has 100 valence electrons. The number of rotatable bonds is 3. The lowest BCUT2D eigenvalue weighted by molar-refractivity contribution is -0.117. The van der Waals surface area contributed by atoms with Crippen molar-refractivity contribution in [2.24, 2.45) is 5.92 Å². The largest absolute Gasteiger partial charge is 0.473 e. The maximum atomic E-state index is 11.3. The molecule has 0 saturated heterocycles. The third-order valence-corrected chi connectivity index (χ3v) is 4.52. The molecule has 2 aromatic heterocycles. The Morgan fingerprint density at radius 1 is 1.58 bits per heavy atom. The summed E-state index contributed by atoms with van der Waals surface area (Å²) in [5.74, 6) is 1.12. The standard InChI is InChI=1S/C13H13ClN2O2S/c1-7(8-2-3-9(17)4-8)18-13-12-10(15-6-19-12)5-11(14)16-13/h5-8H,2-4H2,1H3/t7-,8+/m1/s1. The second-order valence-corrected chi connectivity index (χ2v) is 6.06. The molecule has 0 aliphatic heterocycles. The number of ether oxygens (including phenoxy) is 1. The summed E-state index contributed by atoms with van der Waals surface area (Å²) >= 11 is 7.45. The zero-order valence-corrected chi connectivity index (χ0v) is 12.0. The molecular weight excluding hydrogens is 284 g/mol. The van der Waals surface area contributed by atoms with Gasteiger partial charge in [-0.15, -0.1) is 11.3 Å². The molecule has 0 amide bonds. The number of carbonyl (C=O) groups is 1. The van der Waals surface area contributed by atoms with E-state index >= 15 is 0 Å². The van der Waals surface area contributed by atoms with Crippen molar-refractivity contribution in [3.63, 3.8) is 0 Å². The van der Waals surface area contributed by atoms with Crippen molar-refractivity contribution >= 4 is 38.9 Å². The van der Waals surface area contributed by atoms with Gasteiger partial charge in [-0.2, -0.15) is 0 Å². The van der Waals surface area contributed by atoms with Crippen LogP contribution in [0.1, 0.15) is 26.2 Å². The van der Waals surface area contributed by atoms with Gasteiger partial charge < -0.3 is 4.74 Å². The van der Waals surface area contributed by atoms with Gasteiger partial charge in [0.1, 0.15) is 21.7 Å². The van der Waals surface area contributed by atoms with Gasteiger partial charge in [-0.25, -0.2) is 9.97 Å². The van der Waals surface area contributed by atoms with Gasteiger partial charge in [-0.1, -0.05) is 11.6 Å². The van der Waals surface area contributed by atoms with Crippen molar-refractivity contribution in [2.45, 2.75) is 32.3 Å². The molecule has 0 N–H and O–H groups in total. The van der Waals surface area contributed by atoms with Gasteiger partial charge >= 0.3 is 0 Å². The summed E-state index contributed by atoms with van der Waals surface area (Å²) in [4.78, 5) is 19.8. The van der Waals surface area contributed by atoms with Crippen LogP contribution in [-0.4, -0.2) is 21.9 Å². The van der Waals surface area contributed by atoms with Crippen molar-refractivity contribution < 1.29 is 9.53 Å². The Bertz CT molecular complexity index is 628. The smallest absolute Gasteiger partial charge is 0.235 e. The molecule has 0 radical (unpaired) electrons. The van der Waals surface area contributed by atoms with E-state index < -0.39 is 0 Å². The van der Waals surface area contributed by atoms with Gasteiger partial charge in [0.2, 0.25) is 5.88 Å². The Balaban J connectivity index is 1.84. The Morgan fingerprint density at radius 2 is 2.42 bits per heavy atom. The van der Waals surface area contributed by atoms with Gasteiger partial charge in [0, 0.05) is 24.8 Å².